The zero-order valence-electron chi connectivity index (χ0n) is 11.8. The van der Waals surface area contributed by atoms with Crippen molar-refractivity contribution < 1.29 is 4.79 Å². The van der Waals surface area contributed by atoms with Gasteiger partial charge in [-0.15, -0.1) is 11.3 Å². The first-order chi connectivity index (χ1) is 9.20. The van der Waals surface area contributed by atoms with Crippen LogP contribution in [0.5, 0.6) is 0 Å². The summed E-state index contributed by atoms with van der Waals surface area (Å²) in [4.78, 5) is 18.8. The smallest absolute Gasteiger partial charge is 0.273 e. The third-order valence-corrected chi connectivity index (χ3v) is 4.27. The van der Waals surface area contributed by atoms with Crippen molar-refractivity contribution >= 4 is 17.2 Å². The highest BCUT2D eigenvalue weighted by atomic mass is 32.1. The molecule has 1 aliphatic rings. The topological polar surface area (TPSA) is 45.2 Å². The molecule has 5 heteroatoms. The maximum atomic E-state index is 12.5. The van der Waals surface area contributed by atoms with E-state index in [0.717, 1.165) is 37.6 Å². The predicted molar refractivity (Wildman–Crippen MR) is 78.6 cm³/mol. The Labute approximate surface area is 119 Å². The molecule has 1 N–H and O–H groups in total. The van der Waals surface area contributed by atoms with Crippen molar-refractivity contribution in [1.29, 1.82) is 0 Å². The molecule has 1 aromatic rings. The van der Waals surface area contributed by atoms with E-state index >= 15 is 0 Å². The van der Waals surface area contributed by atoms with E-state index in [2.05, 4.69) is 17.2 Å². The number of carbonyl (C=O) groups is 1. The molecule has 19 heavy (non-hydrogen) atoms. The third kappa shape index (κ3) is 4.01. The van der Waals surface area contributed by atoms with Crippen LogP contribution in [0.25, 0.3) is 0 Å². The molecule has 2 rings (SSSR count). The Morgan fingerprint density at radius 3 is 3.05 bits per heavy atom. The van der Waals surface area contributed by atoms with Gasteiger partial charge in [-0.2, -0.15) is 0 Å². The third-order valence-electron chi connectivity index (χ3n) is 3.50. The highest BCUT2D eigenvalue weighted by molar-refractivity contribution is 7.09. The Balaban J connectivity index is 1.99. The van der Waals surface area contributed by atoms with Gasteiger partial charge in [-0.1, -0.05) is 6.92 Å². The van der Waals surface area contributed by atoms with Gasteiger partial charge >= 0.3 is 0 Å². The van der Waals surface area contributed by atoms with Gasteiger partial charge in [0.15, 0.2) is 0 Å². The predicted octanol–water partition coefficient (Wildman–Crippen LogP) is 2.30. The maximum Gasteiger partial charge on any atom is 0.273 e. The van der Waals surface area contributed by atoms with E-state index in [1.54, 1.807) is 11.3 Å². The zero-order chi connectivity index (χ0) is 13.7. The largest absolute Gasteiger partial charge is 0.337 e. The second-order valence-electron chi connectivity index (χ2n) is 5.22. The molecule has 2 heterocycles. The SMILES string of the molecule is CCCN(CC1CCCNC1)C(=O)c1csc(C)n1. The fraction of sp³-hybridized carbons (Fsp3) is 0.714. The van der Waals surface area contributed by atoms with Gasteiger partial charge in [0, 0.05) is 18.5 Å². The average Bonchev–Trinajstić information content (AvgIpc) is 2.85. The van der Waals surface area contributed by atoms with Crippen molar-refractivity contribution in [2.24, 2.45) is 5.92 Å². The van der Waals surface area contributed by atoms with Crippen LogP contribution >= 0.6 is 11.3 Å². The summed E-state index contributed by atoms with van der Waals surface area (Å²) in [7, 11) is 0. The van der Waals surface area contributed by atoms with Crippen molar-refractivity contribution in [3.63, 3.8) is 0 Å². The molecule has 0 aliphatic carbocycles. The maximum absolute atomic E-state index is 12.5. The fourth-order valence-corrected chi connectivity index (χ4v) is 3.15. The summed E-state index contributed by atoms with van der Waals surface area (Å²) in [5.74, 6) is 0.681. The van der Waals surface area contributed by atoms with E-state index in [1.807, 2.05) is 17.2 Å². The van der Waals surface area contributed by atoms with Crippen LogP contribution in [0.2, 0.25) is 0 Å². The van der Waals surface area contributed by atoms with Gasteiger partial charge in [-0.3, -0.25) is 4.79 Å². The van der Waals surface area contributed by atoms with Crippen LogP contribution in [0.15, 0.2) is 5.38 Å². The first-order valence-electron chi connectivity index (χ1n) is 7.12. The van der Waals surface area contributed by atoms with Gasteiger partial charge in [0.1, 0.15) is 5.69 Å². The van der Waals surface area contributed by atoms with E-state index in [4.69, 9.17) is 0 Å². The summed E-state index contributed by atoms with van der Waals surface area (Å²) < 4.78 is 0. The standard InChI is InChI=1S/C14H23N3OS/c1-3-7-17(9-12-5-4-6-15-8-12)14(18)13-10-19-11(2)16-13/h10,12,15H,3-9H2,1-2H3. The Morgan fingerprint density at radius 1 is 1.63 bits per heavy atom. The van der Waals surface area contributed by atoms with Crippen molar-refractivity contribution in [1.82, 2.24) is 15.2 Å². The van der Waals surface area contributed by atoms with Crippen LogP contribution in [0.4, 0.5) is 0 Å². The van der Waals surface area contributed by atoms with Gasteiger partial charge in [0.25, 0.3) is 5.91 Å². The quantitative estimate of drug-likeness (QED) is 0.901. The number of thiazole rings is 1. The van der Waals surface area contributed by atoms with Crippen LogP contribution in [-0.2, 0) is 0 Å². The molecule has 1 saturated heterocycles. The fourth-order valence-electron chi connectivity index (χ4n) is 2.56. The number of piperidine rings is 1. The number of rotatable bonds is 5. The summed E-state index contributed by atoms with van der Waals surface area (Å²) in [6.45, 7) is 7.89. The number of hydrogen-bond donors (Lipinski definition) is 1. The summed E-state index contributed by atoms with van der Waals surface area (Å²) in [6.07, 6.45) is 3.43. The van der Waals surface area contributed by atoms with Crippen molar-refractivity contribution in [3.8, 4) is 0 Å². The molecule has 1 unspecified atom stereocenters. The first-order valence-corrected chi connectivity index (χ1v) is 8.00. The molecule has 0 aromatic carbocycles. The summed E-state index contributed by atoms with van der Waals surface area (Å²) in [6, 6.07) is 0. The molecule has 106 valence electrons. The Hall–Kier alpha value is -0.940. The van der Waals surface area contributed by atoms with Gasteiger partial charge < -0.3 is 10.2 Å². The number of hydrogen-bond acceptors (Lipinski definition) is 4. The molecule has 1 aliphatic heterocycles. The van der Waals surface area contributed by atoms with Crippen LogP contribution in [0, 0.1) is 12.8 Å². The van der Waals surface area contributed by atoms with Gasteiger partial charge in [0.05, 0.1) is 5.01 Å². The number of aromatic nitrogens is 1. The molecule has 4 nitrogen and oxygen atoms in total. The van der Waals surface area contributed by atoms with Crippen molar-refractivity contribution in [3.05, 3.63) is 16.1 Å². The lowest BCUT2D eigenvalue weighted by molar-refractivity contribution is 0.0713. The summed E-state index contributed by atoms with van der Waals surface area (Å²) in [5.41, 5.74) is 0.611. The van der Waals surface area contributed by atoms with E-state index in [9.17, 15) is 4.79 Å². The minimum atomic E-state index is 0.0942. The molecule has 1 amide bonds. The van der Waals surface area contributed by atoms with E-state index in [0.29, 0.717) is 11.6 Å². The minimum Gasteiger partial charge on any atom is -0.337 e. The van der Waals surface area contributed by atoms with Gasteiger partial charge in [-0.05, 0) is 45.2 Å². The normalized spacial score (nSPS) is 19.4. The number of carbonyl (C=O) groups excluding carboxylic acids is 1. The highest BCUT2D eigenvalue weighted by Crippen LogP contribution is 2.16. The van der Waals surface area contributed by atoms with Gasteiger partial charge in [0.2, 0.25) is 0 Å². The molecule has 1 atom stereocenters. The molecule has 0 saturated carbocycles. The number of nitrogens with one attached hydrogen (secondary N) is 1. The second-order valence-corrected chi connectivity index (χ2v) is 6.28. The van der Waals surface area contributed by atoms with Gasteiger partial charge in [-0.25, -0.2) is 4.98 Å². The molecule has 0 spiro atoms. The molecule has 0 radical (unpaired) electrons. The number of nitrogens with zero attached hydrogens (tertiary/aromatic N) is 2. The van der Waals surface area contributed by atoms with Crippen LogP contribution in [0.3, 0.4) is 0 Å². The summed E-state index contributed by atoms with van der Waals surface area (Å²) >= 11 is 1.54. The zero-order valence-corrected chi connectivity index (χ0v) is 12.6. The van der Waals surface area contributed by atoms with E-state index < -0.39 is 0 Å². The van der Waals surface area contributed by atoms with Crippen molar-refractivity contribution in [2.45, 2.75) is 33.1 Å². The molecular weight excluding hydrogens is 258 g/mol. The first kappa shape index (κ1) is 14.5. The Morgan fingerprint density at radius 2 is 2.47 bits per heavy atom. The molecule has 0 bridgehead atoms. The molecule has 1 fully saturated rings. The van der Waals surface area contributed by atoms with E-state index in [-0.39, 0.29) is 5.91 Å². The lowest BCUT2D eigenvalue weighted by atomic mass is 9.99. The minimum absolute atomic E-state index is 0.0942. The lowest BCUT2D eigenvalue weighted by Gasteiger charge is -2.29. The Bertz CT molecular complexity index is 413. The van der Waals surface area contributed by atoms with Crippen LogP contribution < -0.4 is 5.32 Å². The highest BCUT2D eigenvalue weighted by Gasteiger charge is 2.22. The Kier molecular flexibility index (Phi) is 5.34. The number of aryl methyl sites for hydroxylation is 1. The molecule has 1 aromatic heterocycles. The second kappa shape index (κ2) is 7.01. The van der Waals surface area contributed by atoms with Crippen LogP contribution in [-0.4, -0.2) is 42.0 Å². The van der Waals surface area contributed by atoms with E-state index in [1.165, 1.54) is 12.8 Å². The van der Waals surface area contributed by atoms with Crippen LogP contribution in [0.1, 0.15) is 41.7 Å². The lowest BCUT2D eigenvalue weighted by Crippen LogP contribution is -2.41. The monoisotopic (exact) mass is 281 g/mol. The molecular formula is C14H23N3OS. The average molecular weight is 281 g/mol. The summed E-state index contributed by atoms with van der Waals surface area (Å²) in [5, 5.41) is 6.25. The number of amides is 1. The van der Waals surface area contributed by atoms with Crippen molar-refractivity contribution in [2.75, 3.05) is 26.2 Å².